The molecule has 0 radical (unpaired) electrons. The van der Waals surface area contributed by atoms with Crippen molar-refractivity contribution < 1.29 is 0 Å². The summed E-state index contributed by atoms with van der Waals surface area (Å²) in [6, 6.07) is 69.3. The molecule has 0 unspecified atom stereocenters. The second kappa shape index (κ2) is 13.1. The second-order valence-electron chi connectivity index (χ2n) is 14.8. The summed E-state index contributed by atoms with van der Waals surface area (Å²) in [6.07, 6.45) is 0. The van der Waals surface area contributed by atoms with E-state index in [-0.39, 0.29) is 0 Å². The van der Waals surface area contributed by atoms with Crippen molar-refractivity contribution in [2.24, 2.45) is 0 Å². The van der Waals surface area contributed by atoms with Crippen LogP contribution in [0.25, 0.3) is 115 Å². The predicted molar refractivity (Wildman–Crippen MR) is 244 cm³/mol. The first kappa shape index (κ1) is 32.7. The maximum absolute atomic E-state index is 5.03. The molecule has 12 aromatic rings. The lowest BCUT2D eigenvalue weighted by Gasteiger charge is -2.13. The van der Waals surface area contributed by atoms with Crippen molar-refractivity contribution in [2.75, 3.05) is 0 Å². The van der Waals surface area contributed by atoms with Crippen LogP contribution < -0.4 is 0 Å². The summed E-state index contributed by atoms with van der Waals surface area (Å²) in [6.45, 7) is 0. The van der Waals surface area contributed by atoms with Crippen molar-refractivity contribution in [3.63, 3.8) is 0 Å². The number of rotatable bonds is 5. The molecule has 270 valence electrons. The van der Waals surface area contributed by atoms with E-state index in [9.17, 15) is 0 Å². The molecule has 0 aliphatic carbocycles. The zero-order valence-electron chi connectivity index (χ0n) is 31.2. The lowest BCUT2D eigenvalue weighted by molar-refractivity contribution is 1.07. The molecule has 0 atom stereocenters. The summed E-state index contributed by atoms with van der Waals surface area (Å²) in [4.78, 5) is 15.0. The van der Waals surface area contributed by atoms with E-state index in [1.807, 2.05) is 72.0 Å². The SMILES string of the molecule is c1ccc(-c2nc(-c3ccccc3)nc(-c3ccc4c(c3)sc3cc(-c5cccc(-n6c7ccccc7c7cc8ccccc8cc76)c5)c5ccccc5c34)n2)cc1. The van der Waals surface area contributed by atoms with Gasteiger partial charge in [0, 0.05) is 53.3 Å². The maximum Gasteiger partial charge on any atom is 0.164 e. The first-order chi connectivity index (χ1) is 28.7. The summed E-state index contributed by atoms with van der Waals surface area (Å²) in [5.41, 5.74) is 8.85. The van der Waals surface area contributed by atoms with Gasteiger partial charge in [-0.25, -0.2) is 15.0 Å². The summed E-state index contributed by atoms with van der Waals surface area (Å²) in [5, 5.41) is 10.0. The predicted octanol–water partition coefficient (Wildman–Crippen LogP) is 14.3. The topological polar surface area (TPSA) is 43.6 Å². The third-order valence-electron chi connectivity index (χ3n) is 11.4. The van der Waals surface area contributed by atoms with Crippen LogP contribution in [0.5, 0.6) is 0 Å². The Kier molecular flexibility index (Phi) is 7.37. The van der Waals surface area contributed by atoms with Gasteiger partial charge in [0.1, 0.15) is 0 Å². The van der Waals surface area contributed by atoms with Gasteiger partial charge in [0.25, 0.3) is 0 Å². The molecule has 0 bridgehead atoms. The van der Waals surface area contributed by atoms with Crippen molar-refractivity contribution in [3.8, 4) is 51.0 Å². The van der Waals surface area contributed by atoms with Crippen LogP contribution in [-0.2, 0) is 0 Å². The minimum absolute atomic E-state index is 0.660. The van der Waals surface area contributed by atoms with Crippen LogP contribution in [-0.4, -0.2) is 19.5 Å². The Labute approximate surface area is 338 Å². The third kappa shape index (κ3) is 5.25. The highest BCUT2D eigenvalue weighted by atomic mass is 32.1. The van der Waals surface area contributed by atoms with Crippen molar-refractivity contribution >= 4 is 74.9 Å². The Morgan fingerprint density at radius 3 is 1.69 bits per heavy atom. The lowest BCUT2D eigenvalue weighted by atomic mass is 9.94. The molecule has 5 heteroatoms. The monoisotopic (exact) mass is 756 g/mol. The van der Waals surface area contributed by atoms with Crippen molar-refractivity contribution in [1.82, 2.24) is 19.5 Å². The standard InChI is InChI=1S/C53H32N4S/c1-3-14-33(15-4-1)51-54-52(34-16-5-2-6-17-34)56-53(55-51)38-26-27-43-48(31-38)58-49-32-44(40-22-9-10-24-42(40)50(43)49)37-20-13-21-39(28-37)57-46-25-12-11-23-41(46)45-29-35-18-7-8-19-36(35)30-47(45)57/h1-32H. The highest BCUT2D eigenvalue weighted by Crippen LogP contribution is 2.44. The van der Waals surface area contributed by atoms with Gasteiger partial charge >= 0.3 is 0 Å². The maximum atomic E-state index is 5.03. The summed E-state index contributed by atoms with van der Waals surface area (Å²) < 4.78 is 4.87. The van der Waals surface area contributed by atoms with E-state index in [4.69, 9.17) is 15.0 Å². The van der Waals surface area contributed by atoms with Crippen LogP contribution in [0.15, 0.2) is 194 Å². The Bertz CT molecular complexity index is 3510. The van der Waals surface area contributed by atoms with Crippen LogP contribution in [0.1, 0.15) is 0 Å². The smallest absolute Gasteiger partial charge is 0.164 e. The average molecular weight is 757 g/mol. The highest BCUT2D eigenvalue weighted by Gasteiger charge is 2.18. The Morgan fingerprint density at radius 2 is 0.948 bits per heavy atom. The van der Waals surface area contributed by atoms with Crippen molar-refractivity contribution in [3.05, 3.63) is 194 Å². The van der Waals surface area contributed by atoms with Crippen LogP contribution >= 0.6 is 11.3 Å². The highest BCUT2D eigenvalue weighted by molar-refractivity contribution is 7.26. The van der Waals surface area contributed by atoms with Crippen LogP contribution in [0.3, 0.4) is 0 Å². The molecule has 3 heterocycles. The van der Waals surface area contributed by atoms with E-state index in [0.29, 0.717) is 17.5 Å². The number of hydrogen-bond acceptors (Lipinski definition) is 4. The second-order valence-corrected chi connectivity index (χ2v) is 15.9. The number of para-hydroxylation sites is 1. The van der Waals surface area contributed by atoms with Gasteiger partial charge in [-0.15, -0.1) is 11.3 Å². The summed E-state index contributed by atoms with van der Waals surface area (Å²) in [7, 11) is 0. The quantitative estimate of drug-likeness (QED) is 0.176. The van der Waals surface area contributed by atoms with Gasteiger partial charge < -0.3 is 4.57 Å². The molecule has 0 amide bonds. The normalized spacial score (nSPS) is 11.8. The number of benzene rings is 9. The van der Waals surface area contributed by atoms with Gasteiger partial charge in [-0.3, -0.25) is 0 Å². The van der Waals surface area contributed by atoms with Gasteiger partial charge in [0.2, 0.25) is 0 Å². The van der Waals surface area contributed by atoms with Crippen molar-refractivity contribution in [1.29, 1.82) is 0 Å². The molecule has 0 saturated heterocycles. The van der Waals surface area contributed by atoms with Crippen molar-refractivity contribution in [2.45, 2.75) is 0 Å². The third-order valence-corrected chi connectivity index (χ3v) is 12.5. The number of aromatic nitrogens is 4. The first-order valence-electron chi connectivity index (χ1n) is 19.5. The molecule has 0 aliphatic rings. The van der Waals surface area contributed by atoms with Crippen LogP contribution in [0.2, 0.25) is 0 Å². The summed E-state index contributed by atoms with van der Waals surface area (Å²) >= 11 is 1.83. The van der Waals surface area contributed by atoms with E-state index < -0.39 is 0 Å². The molecule has 0 fully saturated rings. The molecule has 9 aromatic carbocycles. The minimum atomic E-state index is 0.660. The molecule has 4 nitrogen and oxygen atoms in total. The minimum Gasteiger partial charge on any atom is -0.309 e. The molecule has 0 saturated carbocycles. The Hall–Kier alpha value is -7.47. The fourth-order valence-corrected chi connectivity index (χ4v) is 9.90. The van der Waals surface area contributed by atoms with Gasteiger partial charge in [0.05, 0.1) is 11.0 Å². The van der Waals surface area contributed by atoms with Crippen LogP contribution in [0, 0.1) is 0 Å². The Balaban J connectivity index is 1.02. The summed E-state index contributed by atoms with van der Waals surface area (Å²) in [5.74, 6) is 1.98. The van der Waals surface area contributed by atoms with Gasteiger partial charge in [-0.05, 0) is 75.1 Å². The first-order valence-corrected chi connectivity index (χ1v) is 20.3. The molecule has 0 spiro atoms. The molecule has 3 aromatic heterocycles. The van der Waals surface area contributed by atoms with Gasteiger partial charge in [0.15, 0.2) is 17.5 Å². The average Bonchev–Trinajstić information content (AvgIpc) is 3.83. The molecule has 0 aliphatic heterocycles. The van der Waals surface area contributed by atoms with Gasteiger partial charge in [-0.1, -0.05) is 152 Å². The fourth-order valence-electron chi connectivity index (χ4n) is 8.70. The number of hydrogen-bond donors (Lipinski definition) is 0. The zero-order valence-corrected chi connectivity index (χ0v) is 32.0. The van der Waals surface area contributed by atoms with E-state index in [2.05, 4.69) is 138 Å². The number of thiophene rings is 1. The van der Waals surface area contributed by atoms with E-state index in [0.717, 1.165) is 22.4 Å². The molecular formula is C53H32N4S. The lowest BCUT2D eigenvalue weighted by Crippen LogP contribution is -1.99. The fraction of sp³-hybridized carbons (Fsp3) is 0. The molecule has 0 N–H and O–H groups in total. The van der Waals surface area contributed by atoms with E-state index in [1.54, 1.807) is 0 Å². The Morgan fingerprint density at radius 1 is 0.345 bits per heavy atom. The number of fused-ring (bicyclic) bond motifs is 9. The van der Waals surface area contributed by atoms with Crippen LogP contribution in [0.4, 0.5) is 0 Å². The zero-order chi connectivity index (χ0) is 38.2. The largest absolute Gasteiger partial charge is 0.309 e. The van der Waals surface area contributed by atoms with E-state index in [1.165, 1.54) is 74.6 Å². The molecule has 12 rings (SSSR count). The molecular weight excluding hydrogens is 725 g/mol. The molecule has 58 heavy (non-hydrogen) atoms. The number of nitrogens with zero attached hydrogens (tertiary/aromatic N) is 4. The van der Waals surface area contributed by atoms with E-state index >= 15 is 0 Å². The van der Waals surface area contributed by atoms with Gasteiger partial charge in [-0.2, -0.15) is 0 Å².